The maximum atomic E-state index is 11.7. The molecule has 100 heavy (non-hydrogen) atoms. The van der Waals surface area contributed by atoms with Gasteiger partial charge < -0.3 is 93.1 Å². The summed E-state index contributed by atoms with van der Waals surface area (Å²) in [4.78, 5) is 86.0. The first kappa shape index (κ1) is 85.9. The highest BCUT2D eigenvalue weighted by Gasteiger charge is 2.31. The zero-order valence-electron chi connectivity index (χ0n) is 54.9. The lowest BCUT2D eigenvalue weighted by atomic mass is 10.2. The van der Waals surface area contributed by atoms with E-state index in [-0.39, 0.29) is 39.1 Å². The lowest BCUT2D eigenvalue weighted by Gasteiger charge is -2.12. The quantitative estimate of drug-likeness (QED) is 0.0373. The summed E-state index contributed by atoms with van der Waals surface area (Å²) in [5, 5.41) is 69.4. The molecule has 8 aromatic carbocycles. The van der Waals surface area contributed by atoms with Gasteiger partial charge in [0.25, 0.3) is 0 Å². The summed E-state index contributed by atoms with van der Waals surface area (Å²) < 4.78 is 83.8. The highest BCUT2D eigenvalue weighted by atomic mass is 79.9. The van der Waals surface area contributed by atoms with Crippen molar-refractivity contribution in [2.24, 2.45) is 0 Å². The first-order valence-corrected chi connectivity index (χ1v) is 28.7. The van der Waals surface area contributed by atoms with Crippen LogP contribution in [0.25, 0.3) is 0 Å². The van der Waals surface area contributed by atoms with Crippen LogP contribution >= 0.6 is 27.5 Å². The van der Waals surface area contributed by atoms with Crippen LogP contribution in [0.3, 0.4) is 0 Å². The van der Waals surface area contributed by atoms with Crippen molar-refractivity contribution in [3.63, 3.8) is 0 Å². The number of ether oxygens (including phenoxy) is 10. The molecule has 0 heterocycles. The normalized spacial score (nSPS) is 9.64. The van der Waals surface area contributed by atoms with Crippen molar-refractivity contribution in [1.82, 2.24) is 0 Å². The van der Waals surface area contributed by atoms with Gasteiger partial charge in [0.1, 0.15) is 34.3 Å². The van der Waals surface area contributed by atoms with Crippen LogP contribution in [0.5, 0.6) is 57.5 Å². The summed E-state index contributed by atoms with van der Waals surface area (Å²) in [7, 11) is 17.0. The van der Waals surface area contributed by atoms with Crippen LogP contribution in [0.1, 0.15) is 82.9 Å². The molecular weight excluding hydrogens is 1420 g/mol. The zero-order valence-corrected chi connectivity index (χ0v) is 57.2. The maximum absolute atomic E-state index is 11.7. The summed E-state index contributed by atoms with van der Waals surface area (Å²) in [5.74, 6) is -4.68. The first-order chi connectivity index (χ1) is 47.1. The van der Waals surface area contributed by atoms with E-state index in [4.69, 9.17) is 95.1 Å². The third kappa shape index (κ3) is 31.2. The minimum Gasteiger partial charge on any atom is -0.497 e. The van der Waals surface area contributed by atoms with E-state index >= 15 is 0 Å². The van der Waals surface area contributed by atoms with Gasteiger partial charge in [-0.3, -0.25) is 0 Å². The molecule has 0 aliphatic rings. The van der Waals surface area contributed by atoms with Gasteiger partial charge in [0, 0.05) is 35.3 Å². The van der Waals surface area contributed by atoms with E-state index in [1.54, 1.807) is 72.8 Å². The molecule has 8 N–H and O–H groups in total. The van der Waals surface area contributed by atoms with Gasteiger partial charge in [-0.1, -0.05) is 33.6 Å². The summed E-state index contributed by atoms with van der Waals surface area (Å²) in [6.45, 7) is 0. The van der Waals surface area contributed by atoms with Crippen molar-refractivity contribution >= 4 is 81.0 Å². The van der Waals surface area contributed by atoms with E-state index in [0.717, 1.165) is 34.4 Å². The van der Waals surface area contributed by atoms with Crippen molar-refractivity contribution in [2.45, 2.75) is 6.36 Å². The van der Waals surface area contributed by atoms with Crippen LogP contribution in [0.2, 0.25) is 5.02 Å². The standard InChI is InChI=1S/C10H12O5.C9H11NO2.2C9H10O4.C8H7ClO3.C8H5F3O3.C8H8O3.C7H5BrO2/c1-13-7-4-6(10(11)12)5-8(14-2)9(7)15-3;1-10(2)8-5-3-7(4-6-8)9(11)12;1-12-7-3-6(9(10)11)4-8(5-7)13-2;1-12-7-4-3-6(9(10)11)5-8(7)13-2;1-12-7-4-5(9)2-3-6(7)8(10)11;9-8(10,11)14-6-3-1-5(2-4-6)7(12)13;1-11-7-4-2-3-6(5-7)8(9)10;8-6-3-1-5(2-4-6)7(9)10/h4-5H,1-3H3,(H,11,12);3-6H,1-2H3,(H,11,12);2*3-5H,1-2H3,(H,10,11);2-4H,1H3,(H,10,11);1-4H,(H,12,13);2-5H,1H3,(H,9,10);1-4H,(H,9,10). The number of carbonyl (C=O) groups is 8. The molecule has 0 radical (unpaired) electrons. The molecule has 0 aliphatic carbocycles. The molecule has 0 bridgehead atoms. The molecular formula is C68H68BrClF3NO26. The number of hydrogen-bond donors (Lipinski definition) is 8. The molecule has 32 heteroatoms. The fourth-order valence-electron chi connectivity index (χ4n) is 7.00. The van der Waals surface area contributed by atoms with E-state index in [1.165, 1.54) is 131 Å². The molecule has 0 atom stereocenters. The number of benzene rings is 8. The molecule has 0 saturated heterocycles. The Hall–Kier alpha value is -12.1. The van der Waals surface area contributed by atoms with E-state index in [1.807, 2.05) is 19.0 Å². The smallest absolute Gasteiger partial charge is 0.497 e. The Morgan fingerprint density at radius 1 is 0.350 bits per heavy atom. The van der Waals surface area contributed by atoms with Crippen LogP contribution in [0.15, 0.2) is 168 Å². The second-order valence-corrected chi connectivity index (χ2v) is 20.0. The van der Waals surface area contributed by atoms with Crippen molar-refractivity contribution in [1.29, 1.82) is 0 Å². The van der Waals surface area contributed by atoms with E-state index in [9.17, 15) is 51.5 Å². The number of carboxylic acid groups (broad SMARTS) is 8. The molecule has 0 amide bonds. The molecule has 8 aromatic rings. The Kier molecular flexibility index (Phi) is 37.7. The monoisotopic (exact) mass is 1490 g/mol. The molecule has 0 fully saturated rings. The number of anilines is 1. The van der Waals surface area contributed by atoms with Crippen LogP contribution in [0, 0.1) is 0 Å². The summed E-state index contributed by atoms with van der Waals surface area (Å²) in [6, 6.07) is 39.6. The fourth-order valence-corrected chi connectivity index (χ4v) is 7.42. The van der Waals surface area contributed by atoms with Gasteiger partial charge in [0.2, 0.25) is 5.75 Å². The topological polar surface area (TPSA) is 394 Å². The summed E-state index contributed by atoms with van der Waals surface area (Å²) in [6.07, 6.45) is -4.76. The zero-order chi connectivity index (χ0) is 76.0. The Labute approximate surface area is 582 Å². The SMILES string of the molecule is CN(C)c1ccc(C(=O)O)cc1.COc1cc(C(=O)O)cc(OC)c1OC.COc1cc(Cl)ccc1C(=O)O.COc1cc(OC)cc(C(=O)O)c1.COc1ccc(C(=O)O)cc1OC.COc1cccc(C(=O)O)c1.O=C(O)c1ccc(Br)cc1.O=C(O)c1ccc(OC(F)(F)F)cc1. The minimum absolute atomic E-state index is 0.0875. The highest BCUT2D eigenvalue weighted by Crippen LogP contribution is 2.38. The molecule has 536 valence electrons. The molecule has 0 unspecified atom stereocenters. The Morgan fingerprint density at radius 3 is 1.09 bits per heavy atom. The second kappa shape index (κ2) is 43.9. The lowest BCUT2D eigenvalue weighted by molar-refractivity contribution is -0.274. The van der Waals surface area contributed by atoms with E-state index in [0.29, 0.717) is 62.1 Å². The van der Waals surface area contributed by atoms with Crippen LogP contribution in [-0.4, -0.2) is 173 Å². The van der Waals surface area contributed by atoms with Gasteiger partial charge in [-0.05, 0) is 152 Å². The van der Waals surface area contributed by atoms with Gasteiger partial charge in [-0.2, -0.15) is 0 Å². The predicted molar refractivity (Wildman–Crippen MR) is 360 cm³/mol. The molecule has 0 spiro atoms. The number of halogens is 5. The molecule has 8 rings (SSSR count). The van der Waals surface area contributed by atoms with Crippen molar-refractivity contribution in [3.8, 4) is 57.5 Å². The van der Waals surface area contributed by atoms with Gasteiger partial charge in [-0.25, -0.2) is 38.4 Å². The Balaban J connectivity index is 0.000000573. The third-order valence-corrected chi connectivity index (χ3v) is 12.7. The first-order valence-electron chi connectivity index (χ1n) is 27.6. The number of carboxylic acids is 8. The molecule has 27 nitrogen and oxygen atoms in total. The molecule has 0 aliphatic heterocycles. The second-order valence-electron chi connectivity index (χ2n) is 18.6. The van der Waals surface area contributed by atoms with Crippen molar-refractivity contribution in [2.75, 3.05) is 83.0 Å². The average Bonchev–Trinajstić information content (AvgIpc) is 0.829. The number of rotatable bonds is 19. The number of hydrogen-bond acceptors (Lipinski definition) is 19. The third-order valence-electron chi connectivity index (χ3n) is 11.9. The number of methoxy groups -OCH3 is 9. The van der Waals surface area contributed by atoms with Crippen molar-refractivity contribution in [3.05, 3.63) is 218 Å². The highest BCUT2D eigenvalue weighted by molar-refractivity contribution is 9.10. The van der Waals surface area contributed by atoms with Gasteiger partial charge in [0.15, 0.2) is 23.0 Å². The minimum atomic E-state index is -4.76. The maximum Gasteiger partial charge on any atom is 0.573 e. The van der Waals surface area contributed by atoms with Gasteiger partial charge in [-0.15, -0.1) is 13.2 Å². The van der Waals surface area contributed by atoms with Gasteiger partial charge >= 0.3 is 54.1 Å². The van der Waals surface area contributed by atoms with Crippen LogP contribution < -0.4 is 52.3 Å². The van der Waals surface area contributed by atoms with Crippen molar-refractivity contribution < 1.29 is 140 Å². The lowest BCUT2D eigenvalue weighted by Crippen LogP contribution is -2.17. The number of alkyl halides is 3. The molecule has 0 saturated carbocycles. The van der Waals surface area contributed by atoms with E-state index < -0.39 is 59.9 Å². The Morgan fingerprint density at radius 2 is 0.720 bits per heavy atom. The summed E-state index contributed by atoms with van der Waals surface area (Å²) in [5.41, 5.74) is 2.30. The van der Waals surface area contributed by atoms with E-state index in [2.05, 4.69) is 20.7 Å². The molecule has 0 aromatic heterocycles. The van der Waals surface area contributed by atoms with Gasteiger partial charge in [0.05, 0.1) is 103 Å². The average molecular weight is 1490 g/mol. The summed E-state index contributed by atoms with van der Waals surface area (Å²) >= 11 is 8.83. The largest absolute Gasteiger partial charge is 0.573 e. The fraction of sp³-hybridized carbons (Fsp3) is 0.176. The van der Waals surface area contributed by atoms with Crippen LogP contribution in [0.4, 0.5) is 18.9 Å². The van der Waals surface area contributed by atoms with Crippen LogP contribution in [-0.2, 0) is 0 Å². The number of aromatic carboxylic acids is 8. The number of nitrogens with zero attached hydrogens (tertiary/aromatic N) is 1. The Bertz CT molecular complexity index is 3940. The predicted octanol–water partition coefficient (Wildman–Crippen LogP) is 13.5.